The SMILES string of the molecule is Cc1cc2c(c(-c3ccc(C(C)(C)C)cc3)c1C)C=C(c1ccc(-c3ccccc3)o1)C2. The van der Waals surface area contributed by atoms with E-state index in [1.165, 1.54) is 44.5 Å². The van der Waals surface area contributed by atoms with Gasteiger partial charge in [-0.3, -0.25) is 0 Å². The Hall–Kier alpha value is -3.32. The van der Waals surface area contributed by atoms with Gasteiger partial charge in [-0.15, -0.1) is 0 Å². The summed E-state index contributed by atoms with van der Waals surface area (Å²) in [4.78, 5) is 0. The lowest BCUT2D eigenvalue weighted by Crippen LogP contribution is -2.10. The first-order valence-corrected chi connectivity index (χ1v) is 11.4. The van der Waals surface area contributed by atoms with Crippen LogP contribution < -0.4 is 0 Å². The molecule has 0 atom stereocenters. The average Bonchev–Trinajstić information content (AvgIpc) is 3.42. The van der Waals surface area contributed by atoms with E-state index in [0.717, 1.165) is 23.5 Å². The van der Waals surface area contributed by atoms with Gasteiger partial charge in [-0.1, -0.05) is 81.4 Å². The van der Waals surface area contributed by atoms with Gasteiger partial charge in [-0.2, -0.15) is 0 Å². The largest absolute Gasteiger partial charge is 0.456 e. The van der Waals surface area contributed by atoms with Gasteiger partial charge in [0, 0.05) is 12.0 Å². The Kier molecular flexibility index (Phi) is 4.93. The van der Waals surface area contributed by atoms with E-state index >= 15 is 0 Å². The number of hydrogen-bond acceptors (Lipinski definition) is 1. The van der Waals surface area contributed by atoms with Gasteiger partial charge in [0.25, 0.3) is 0 Å². The summed E-state index contributed by atoms with van der Waals surface area (Å²) in [5.74, 6) is 1.88. The second-order valence-electron chi connectivity index (χ2n) is 9.97. The van der Waals surface area contributed by atoms with Gasteiger partial charge in [-0.05, 0) is 82.0 Å². The second kappa shape index (κ2) is 7.67. The quantitative estimate of drug-likeness (QED) is 0.324. The molecule has 0 fully saturated rings. The third-order valence-corrected chi connectivity index (χ3v) is 6.69. The van der Waals surface area contributed by atoms with Crippen molar-refractivity contribution in [2.45, 2.75) is 46.5 Å². The molecule has 0 radical (unpaired) electrons. The van der Waals surface area contributed by atoms with Crippen LogP contribution in [0.1, 0.15) is 54.3 Å². The fraction of sp³-hybridized carbons (Fsp3) is 0.226. The highest BCUT2D eigenvalue weighted by atomic mass is 16.3. The molecule has 1 aliphatic rings. The lowest BCUT2D eigenvalue weighted by atomic mass is 9.84. The summed E-state index contributed by atoms with van der Waals surface area (Å²) in [7, 11) is 0. The van der Waals surface area contributed by atoms with Crippen molar-refractivity contribution >= 4 is 11.6 Å². The number of furan rings is 1. The van der Waals surface area contributed by atoms with Crippen molar-refractivity contribution in [3.63, 3.8) is 0 Å². The van der Waals surface area contributed by atoms with Crippen molar-refractivity contribution in [1.82, 2.24) is 0 Å². The van der Waals surface area contributed by atoms with E-state index in [1.54, 1.807) is 0 Å². The molecule has 0 saturated carbocycles. The van der Waals surface area contributed by atoms with Gasteiger partial charge in [0.05, 0.1) is 0 Å². The highest BCUT2D eigenvalue weighted by Gasteiger charge is 2.23. The summed E-state index contributed by atoms with van der Waals surface area (Å²) in [6, 6.07) is 26.0. The van der Waals surface area contributed by atoms with E-state index in [1.807, 2.05) is 18.2 Å². The number of hydrogen-bond donors (Lipinski definition) is 0. The molecule has 0 spiro atoms. The van der Waals surface area contributed by atoms with Crippen LogP contribution in [0.2, 0.25) is 0 Å². The van der Waals surface area contributed by atoms with Crippen molar-refractivity contribution in [2.75, 3.05) is 0 Å². The molecule has 0 aliphatic heterocycles. The van der Waals surface area contributed by atoms with Crippen LogP contribution in [0.5, 0.6) is 0 Å². The maximum Gasteiger partial charge on any atom is 0.134 e. The predicted octanol–water partition coefficient (Wildman–Crippen LogP) is 8.62. The lowest BCUT2D eigenvalue weighted by molar-refractivity contribution is 0.566. The summed E-state index contributed by atoms with van der Waals surface area (Å²) in [6.07, 6.45) is 3.24. The minimum atomic E-state index is 0.158. The van der Waals surface area contributed by atoms with Gasteiger partial charge < -0.3 is 4.42 Å². The van der Waals surface area contributed by atoms with Gasteiger partial charge in [0.15, 0.2) is 0 Å². The fourth-order valence-corrected chi connectivity index (χ4v) is 4.68. The molecule has 32 heavy (non-hydrogen) atoms. The van der Waals surface area contributed by atoms with Gasteiger partial charge >= 0.3 is 0 Å². The van der Waals surface area contributed by atoms with Crippen LogP contribution in [0.4, 0.5) is 0 Å². The van der Waals surface area contributed by atoms with E-state index in [0.29, 0.717) is 0 Å². The van der Waals surface area contributed by atoms with Crippen molar-refractivity contribution < 1.29 is 4.42 Å². The molecule has 0 unspecified atom stereocenters. The standard InChI is InChI=1S/C31H30O/c1-20-17-24-18-25(29-16-15-28(32-29)22-9-7-6-8-10-22)19-27(24)30(21(20)2)23-11-13-26(14-12-23)31(3,4)5/h6-17,19H,18H2,1-5H3. The molecule has 160 valence electrons. The van der Waals surface area contributed by atoms with Crippen LogP contribution in [-0.2, 0) is 11.8 Å². The molecule has 1 nitrogen and oxygen atoms in total. The average molecular weight is 419 g/mol. The second-order valence-corrected chi connectivity index (χ2v) is 9.97. The Bertz CT molecular complexity index is 1310. The van der Waals surface area contributed by atoms with Crippen molar-refractivity contribution in [2.24, 2.45) is 0 Å². The number of benzene rings is 3. The Balaban J connectivity index is 1.56. The first kappa shape index (κ1) is 20.6. The molecule has 0 saturated heterocycles. The summed E-state index contributed by atoms with van der Waals surface area (Å²) < 4.78 is 6.28. The maximum absolute atomic E-state index is 6.28. The molecule has 1 heterocycles. The van der Waals surface area contributed by atoms with Gasteiger partial charge in [0.2, 0.25) is 0 Å². The molecule has 5 rings (SSSR count). The Labute approximate surface area is 191 Å². The predicted molar refractivity (Wildman–Crippen MR) is 136 cm³/mol. The van der Waals surface area contributed by atoms with E-state index in [4.69, 9.17) is 4.42 Å². The molecule has 0 N–H and O–H groups in total. The van der Waals surface area contributed by atoms with Crippen LogP contribution in [0.3, 0.4) is 0 Å². The Morgan fingerprint density at radius 1 is 0.750 bits per heavy atom. The zero-order valence-electron chi connectivity index (χ0n) is 19.6. The Morgan fingerprint density at radius 2 is 1.44 bits per heavy atom. The minimum absolute atomic E-state index is 0.158. The van der Waals surface area contributed by atoms with E-state index in [-0.39, 0.29) is 5.41 Å². The zero-order valence-corrected chi connectivity index (χ0v) is 19.6. The number of aryl methyl sites for hydroxylation is 1. The summed E-state index contributed by atoms with van der Waals surface area (Å²) in [6.45, 7) is 11.3. The monoisotopic (exact) mass is 418 g/mol. The molecule has 1 aromatic heterocycles. The number of rotatable bonds is 3. The zero-order chi connectivity index (χ0) is 22.5. The van der Waals surface area contributed by atoms with E-state index in [2.05, 4.69) is 95.3 Å². The van der Waals surface area contributed by atoms with Gasteiger partial charge in [-0.25, -0.2) is 0 Å². The number of fused-ring (bicyclic) bond motifs is 1. The minimum Gasteiger partial charge on any atom is -0.456 e. The molecule has 3 aromatic carbocycles. The maximum atomic E-state index is 6.28. The van der Waals surface area contributed by atoms with Crippen molar-refractivity contribution in [1.29, 1.82) is 0 Å². The first-order chi connectivity index (χ1) is 15.3. The van der Waals surface area contributed by atoms with Crippen LogP contribution in [0.15, 0.2) is 77.2 Å². The normalized spacial score (nSPS) is 13.2. The summed E-state index contributed by atoms with van der Waals surface area (Å²) >= 11 is 0. The van der Waals surface area contributed by atoms with E-state index < -0.39 is 0 Å². The van der Waals surface area contributed by atoms with E-state index in [9.17, 15) is 0 Å². The molecular weight excluding hydrogens is 388 g/mol. The third kappa shape index (κ3) is 3.62. The Morgan fingerprint density at radius 3 is 2.12 bits per heavy atom. The molecule has 0 amide bonds. The molecule has 1 heteroatoms. The molecule has 1 aliphatic carbocycles. The molecule has 0 bridgehead atoms. The summed E-state index contributed by atoms with van der Waals surface area (Å²) in [5.41, 5.74) is 11.9. The smallest absolute Gasteiger partial charge is 0.134 e. The van der Waals surface area contributed by atoms with Crippen LogP contribution in [-0.4, -0.2) is 0 Å². The molecular formula is C31H30O. The molecule has 4 aromatic rings. The van der Waals surface area contributed by atoms with Crippen LogP contribution in [0.25, 0.3) is 34.1 Å². The van der Waals surface area contributed by atoms with Crippen molar-refractivity contribution in [3.05, 3.63) is 106 Å². The van der Waals surface area contributed by atoms with Crippen molar-refractivity contribution in [3.8, 4) is 22.5 Å². The highest BCUT2D eigenvalue weighted by molar-refractivity contribution is 5.94. The number of allylic oxidation sites excluding steroid dienone is 1. The highest BCUT2D eigenvalue weighted by Crippen LogP contribution is 2.42. The first-order valence-electron chi connectivity index (χ1n) is 11.4. The van der Waals surface area contributed by atoms with Crippen LogP contribution in [0, 0.1) is 13.8 Å². The van der Waals surface area contributed by atoms with Crippen LogP contribution >= 0.6 is 0 Å². The lowest BCUT2D eigenvalue weighted by Gasteiger charge is -2.20. The van der Waals surface area contributed by atoms with Gasteiger partial charge in [0.1, 0.15) is 11.5 Å². The third-order valence-electron chi connectivity index (χ3n) is 6.69. The topological polar surface area (TPSA) is 13.1 Å². The summed E-state index contributed by atoms with van der Waals surface area (Å²) in [5, 5.41) is 0. The fourth-order valence-electron chi connectivity index (χ4n) is 4.68.